The Kier molecular flexibility index (Phi) is 4.72. The normalized spacial score (nSPS) is 10.2. The van der Waals surface area contributed by atoms with Gasteiger partial charge in [-0.2, -0.15) is 0 Å². The minimum Gasteiger partial charge on any atom is -0.317 e. The second-order valence-corrected chi connectivity index (χ2v) is 4.85. The predicted octanol–water partition coefficient (Wildman–Crippen LogP) is 3.50. The zero-order chi connectivity index (χ0) is 16.3. The van der Waals surface area contributed by atoms with Gasteiger partial charge in [-0.15, -0.1) is 0 Å². The van der Waals surface area contributed by atoms with E-state index in [-0.39, 0.29) is 5.69 Å². The number of anilines is 2. The van der Waals surface area contributed by atoms with Crippen LogP contribution in [0, 0.1) is 18.6 Å². The van der Waals surface area contributed by atoms with Crippen molar-refractivity contribution in [2.45, 2.75) is 6.92 Å². The summed E-state index contributed by atoms with van der Waals surface area (Å²) >= 11 is 5.91. The Balaban J connectivity index is 2.09. The van der Waals surface area contributed by atoms with Crippen LogP contribution in [0.5, 0.6) is 0 Å². The molecule has 2 N–H and O–H groups in total. The highest BCUT2D eigenvalue weighted by Gasteiger charge is 2.17. The third kappa shape index (κ3) is 3.59. The fourth-order valence-electron chi connectivity index (χ4n) is 1.69. The van der Waals surface area contributed by atoms with Crippen LogP contribution in [0.3, 0.4) is 0 Å². The summed E-state index contributed by atoms with van der Waals surface area (Å²) in [5.41, 5.74) is 0.676. The van der Waals surface area contributed by atoms with E-state index in [2.05, 4.69) is 10.6 Å². The van der Waals surface area contributed by atoms with E-state index in [0.29, 0.717) is 22.3 Å². The quantitative estimate of drug-likeness (QED) is 0.831. The van der Waals surface area contributed by atoms with Gasteiger partial charge in [0, 0.05) is 16.8 Å². The average molecular weight is 325 g/mol. The Bertz CT molecular complexity index is 750. The molecule has 2 aromatic carbocycles. The standard InChI is InChI=1S/C15H11ClF2N2O2/c1-8-10(16)3-2-4-12(8)19-14(21)15(22)20-13-6-5-9(17)7-11(13)18/h2-7H,1H3,(H,19,21)(H,20,22). The monoisotopic (exact) mass is 324 g/mol. The van der Waals surface area contributed by atoms with Crippen molar-refractivity contribution in [1.29, 1.82) is 0 Å². The minimum atomic E-state index is -1.08. The molecule has 0 spiro atoms. The first-order chi connectivity index (χ1) is 10.4. The van der Waals surface area contributed by atoms with E-state index in [0.717, 1.165) is 12.1 Å². The van der Waals surface area contributed by atoms with Crippen molar-refractivity contribution in [3.05, 3.63) is 58.6 Å². The van der Waals surface area contributed by atoms with Crippen molar-refractivity contribution < 1.29 is 18.4 Å². The van der Waals surface area contributed by atoms with E-state index < -0.39 is 23.4 Å². The Labute approximate surface area is 130 Å². The molecule has 0 aliphatic carbocycles. The molecular formula is C15H11ClF2N2O2. The maximum absolute atomic E-state index is 13.4. The van der Waals surface area contributed by atoms with Crippen molar-refractivity contribution >= 4 is 34.8 Å². The lowest BCUT2D eigenvalue weighted by molar-refractivity contribution is -0.133. The summed E-state index contributed by atoms with van der Waals surface area (Å²) in [5, 5.41) is 4.87. The minimum absolute atomic E-state index is 0.288. The summed E-state index contributed by atoms with van der Waals surface area (Å²) in [6, 6.07) is 7.43. The van der Waals surface area contributed by atoms with E-state index in [1.807, 2.05) is 0 Å². The van der Waals surface area contributed by atoms with Gasteiger partial charge in [0.2, 0.25) is 0 Å². The maximum atomic E-state index is 13.4. The van der Waals surface area contributed by atoms with Crippen LogP contribution < -0.4 is 10.6 Å². The first-order valence-electron chi connectivity index (χ1n) is 6.21. The number of amides is 2. The van der Waals surface area contributed by atoms with E-state index in [9.17, 15) is 18.4 Å². The van der Waals surface area contributed by atoms with Gasteiger partial charge in [-0.3, -0.25) is 9.59 Å². The van der Waals surface area contributed by atoms with Gasteiger partial charge in [0.1, 0.15) is 11.6 Å². The first-order valence-corrected chi connectivity index (χ1v) is 6.59. The summed E-state index contributed by atoms with van der Waals surface area (Å²) in [5.74, 6) is -3.83. The first kappa shape index (κ1) is 15.9. The van der Waals surface area contributed by atoms with Gasteiger partial charge in [0.25, 0.3) is 0 Å². The Morgan fingerprint density at radius 2 is 1.64 bits per heavy atom. The summed E-state index contributed by atoms with van der Waals surface area (Å²) in [6.45, 7) is 1.68. The summed E-state index contributed by atoms with van der Waals surface area (Å²) < 4.78 is 26.2. The summed E-state index contributed by atoms with van der Waals surface area (Å²) in [6.07, 6.45) is 0. The van der Waals surface area contributed by atoms with Gasteiger partial charge >= 0.3 is 11.8 Å². The van der Waals surface area contributed by atoms with Crippen molar-refractivity contribution in [2.75, 3.05) is 10.6 Å². The molecule has 22 heavy (non-hydrogen) atoms. The fourth-order valence-corrected chi connectivity index (χ4v) is 1.87. The summed E-state index contributed by atoms with van der Waals surface area (Å²) in [4.78, 5) is 23.5. The number of halogens is 3. The average Bonchev–Trinajstić information content (AvgIpc) is 2.46. The van der Waals surface area contributed by atoms with Gasteiger partial charge in [-0.05, 0) is 36.8 Å². The highest BCUT2D eigenvalue weighted by molar-refractivity contribution is 6.44. The maximum Gasteiger partial charge on any atom is 0.314 e. The van der Waals surface area contributed by atoms with Crippen LogP contribution in [-0.4, -0.2) is 11.8 Å². The lowest BCUT2D eigenvalue weighted by Gasteiger charge is -2.10. The number of benzene rings is 2. The highest BCUT2D eigenvalue weighted by Crippen LogP contribution is 2.23. The topological polar surface area (TPSA) is 58.2 Å². The molecule has 2 amide bonds. The van der Waals surface area contributed by atoms with E-state index in [1.165, 1.54) is 0 Å². The van der Waals surface area contributed by atoms with Crippen molar-refractivity contribution in [1.82, 2.24) is 0 Å². The molecule has 2 rings (SSSR count). The van der Waals surface area contributed by atoms with Gasteiger partial charge in [0.15, 0.2) is 0 Å². The molecule has 0 atom stereocenters. The van der Waals surface area contributed by atoms with Crippen LogP contribution in [0.15, 0.2) is 36.4 Å². The van der Waals surface area contributed by atoms with Crippen molar-refractivity contribution in [3.8, 4) is 0 Å². The van der Waals surface area contributed by atoms with Crippen LogP contribution in [0.4, 0.5) is 20.2 Å². The Hall–Kier alpha value is -2.47. The molecule has 114 valence electrons. The molecule has 4 nitrogen and oxygen atoms in total. The Morgan fingerprint density at radius 1 is 1.00 bits per heavy atom. The molecule has 2 aromatic rings. The SMILES string of the molecule is Cc1c(Cl)cccc1NC(=O)C(=O)Nc1ccc(F)cc1F. The lowest BCUT2D eigenvalue weighted by atomic mass is 10.2. The van der Waals surface area contributed by atoms with Crippen LogP contribution in [-0.2, 0) is 9.59 Å². The van der Waals surface area contributed by atoms with Crippen molar-refractivity contribution in [3.63, 3.8) is 0 Å². The van der Waals surface area contributed by atoms with Gasteiger partial charge < -0.3 is 10.6 Å². The highest BCUT2D eigenvalue weighted by atomic mass is 35.5. The number of nitrogens with one attached hydrogen (secondary N) is 2. The van der Waals surface area contributed by atoms with E-state index in [1.54, 1.807) is 25.1 Å². The molecule has 0 bridgehead atoms. The van der Waals surface area contributed by atoms with Crippen LogP contribution >= 0.6 is 11.6 Å². The molecule has 0 aromatic heterocycles. The molecule has 0 aliphatic heterocycles. The molecule has 0 fully saturated rings. The van der Waals surface area contributed by atoms with Crippen LogP contribution in [0.2, 0.25) is 5.02 Å². The Morgan fingerprint density at radius 3 is 2.27 bits per heavy atom. The molecule has 7 heteroatoms. The summed E-state index contributed by atoms with van der Waals surface area (Å²) in [7, 11) is 0. The second-order valence-electron chi connectivity index (χ2n) is 4.44. The number of rotatable bonds is 2. The third-order valence-electron chi connectivity index (χ3n) is 2.90. The second kappa shape index (κ2) is 6.53. The van der Waals surface area contributed by atoms with Gasteiger partial charge in [-0.25, -0.2) is 8.78 Å². The molecular weight excluding hydrogens is 314 g/mol. The predicted molar refractivity (Wildman–Crippen MR) is 79.8 cm³/mol. The zero-order valence-electron chi connectivity index (χ0n) is 11.4. The molecule has 0 radical (unpaired) electrons. The molecule has 0 heterocycles. The van der Waals surface area contributed by atoms with E-state index in [4.69, 9.17) is 11.6 Å². The largest absolute Gasteiger partial charge is 0.317 e. The fraction of sp³-hybridized carbons (Fsp3) is 0.0667. The van der Waals surface area contributed by atoms with Gasteiger partial charge in [-0.1, -0.05) is 17.7 Å². The zero-order valence-corrected chi connectivity index (χ0v) is 12.2. The number of hydrogen-bond acceptors (Lipinski definition) is 2. The molecule has 0 saturated heterocycles. The van der Waals surface area contributed by atoms with Gasteiger partial charge in [0.05, 0.1) is 5.69 Å². The van der Waals surface area contributed by atoms with E-state index >= 15 is 0 Å². The lowest BCUT2D eigenvalue weighted by Crippen LogP contribution is -2.29. The number of hydrogen-bond donors (Lipinski definition) is 2. The molecule has 0 unspecified atom stereocenters. The molecule has 0 saturated carbocycles. The number of carbonyl (C=O) groups excluding carboxylic acids is 2. The smallest absolute Gasteiger partial charge is 0.314 e. The van der Waals surface area contributed by atoms with Crippen LogP contribution in [0.25, 0.3) is 0 Å². The van der Waals surface area contributed by atoms with Crippen molar-refractivity contribution in [2.24, 2.45) is 0 Å². The van der Waals surface area contributed by atoms with Crippen LogP contribution in [0.1, 0.15) is 5.56 Å². The molecule has 0 aliphatic rings. The number of carbonyl (C=O) groups is 2. The third-order valence-corrected chi connectivity index (χ3v) is 3.31.